The first kappa shape index (κ1) is 74.0. The van der Waals surface area contributed by atoms with E-state index < -0.39 is 24.3 Å². The second-order valence-corrected chi connectivity index (χ2v) is 23.0. The van der Waals surface area contributed by atoms with Gasteiger partial charge in [0.1, 0.15) is 13.2 Å². The van der Waals surface area contributed by atoms with E-state index in [4.69, 9.17) is 18.9 Å². The zero-order chi connectivity index (χ0) is 56.2. The van der Waals surface area contributed by atoms with Gasteiger partial charge in [0.25, 0.3) is 6.29 Å². The third kappa shape index (κ3) is 60.5. The van der Waals surface area contributed by atoms with Crippen LogP contribution >= 0.6 is 0 Å². The fourth-order valence-electron chi connectivity index (χ4n) is 9.30. The van der Waals surface area contributed by atoms with Gasteiger partial charge in [-0.15, -0.1) is 0 Å². The van der Waals surface area contributed by atoms with Crippen LogP contribution in [0.25, 0.3) is 0 Å². The molecule has 0 aromatic heterocycles. The van der Waals surface area contributed by atoms with Crippen molar-refractivity contribution >= 4 is 17.9 Å². The van der Waals surface area contributed by atoms with Crippen molar-refractivity contribution in [3.05, 3.63) is 60.8 Å². The number of carboxylic acid groups (broad SMARTS) is 1. The lowest BCUT2D eigenvalue weighted by atomic mass is 10.0. The maximum Gasteiger partial charge on any atom is 0.361 e. The molecule has 0 amide bonds. The Morgan fingerprint density at radius 3 is 1.12 bits per heavy atom. The van der Waals surface area contributed by atoms with Crippen molar-refractivity contribution in [2.75, 3.05) is 47.5 Å². The summed E-state index contributed by atoms with van der Waals surface area (Å²) in [5.41, 5.74) is 0. The van der Waals surface area contributed by atoms with Crippen molar-refractivity contribution in [3.8, 4) is 0 Å². The van der Waals surface area contributed by atoms with Gasteiger partial charge in [-0.05, 0) is 77.0 Å². The monoisotopic (exact) mass is 1080 g/mol. The van der Waals surface area contributed by atoms with E-state index in [0.29, 0.717) is 17.4 Å². The fraction of sp³-hybridized carbons (Fsp3) is 0.809. The molecule has 0 aliphatic rings. The Morgan fingerprint density at radius 1 is 0.403 bits per heavy atom. The second kappa shape index (κ2) is 59.1. The lowest BCUT2D eigenvalue weighted by Crippen LogP contribution is -2.40. The molecule has 0 fully saturated rings. The lowest BCUT2D eigenvalue weighted by Gasteiger charge is -2.25. The molecular formula is C68H124NO8+. The largest absolute Gasteiger partial charge is 0.477 e. The Morgan fingerprint density at radius 2 is 0.740 bits per heavy atom. The number of aliphatic carboxylic acids is 1. The zero-order valence-electron chi connectivity index (χ0n) is 51.1. The summed E-state index contributed by atoms with van der Waals surface area (Å²) in [6.07, 6.45) is 73.2. The molecular weight excluding hydrogens is 959 g/mol. The average molecular weight is 1080 g/mol. The molecule has 0 radical (unpaired) electrons. The summed E-state index contributed by atoms with van der Waals surface area (Å²) in [5, 5.41) is 9.72. The van der Waals surface area contributed by atoms with Crippen molar-refractivity contribution in [1.29, 1.82) is 0 Å². The minimum absolute atomic E-state index is 0.180. The summed E-state index contributed by atoms with van der Waals surface area (Å²) in [7, 11) is 5.98. The minimum Gasteiger partial charge on any atom is -0.477 e. The summed E-state index contributed by atoms with van der Waals surface area (Å²) in [4.78, 5) is 37.5. The maximum absolute atomic E-state index is 12.9. The van der Waals surface area contributed by atoms with Gasteiger partial charge in [-0.1, -0.05) is 267 Å². The van der Waals surface area contributed by atoms with Crippen LogP contribution in [0, 0.1) is 0 Å². The van der Waals surface area contributed by atoms with Gasteiger partial charge in [-0.2, -0.15) is 0 Å². The number of hydrogen-bond donors (Lipinski definition) is 1. The van der Waals surface area contributed by atoms with Crippen LogP contribution in [0.2, 0.25) is 0 Å². The van der Waals surface area contributed by atoms with Gasteiger partial charge in [0.2, 0.25) is 0 Å². The molecule has 0 heterocycles. The standard InChI is InChI=1S/C68H123NO8/c1-6-8-10-12-14-16-18-20-22-24-26-27-28-29-30-31-32-33-34-35-36-37-38-39-41-43-45-47-49-51-53-55-57-59-66(71)77-64(63-76-68(67(72)73)74-61-60-69(3,4)5)62-75-65(70)58-56-54-52-50-48-46-44-42-40-25-23-21-19-17-15-13-11-9-7-2/h8,10,14,16,20-23,26-27,64,68H,6-7,9,11-13,15,17-19,24-25,28-63H2,1-5H3/p+1/b10-8-,16-14-,22-20-,23-21-,27-26-. The van der Waals surface area contributed by atoms with Crippen LogP contribution in [0.5, 0.6) is 0 Å². The van der Waals surface area contributed by atoms with E-state index in [2.05, 4.69) is 74.6 Å². The Kier molecular flexibility index (Phi) is 56.8. The van der Waals surface area contributed by atoms with Crippen LogP contribution in [0.4, 0.5) is 0 Å². The van der Waals surface area contributed by atoms with Crippen molar-refractivity contribution in [2.45, 2.75) is 309 Å². The molecule has 0 spiro atoms. The molecule has 77 heavy (non-hydrogen) atoms. The molecule has 0 aromatic carbocycles. The number of nitrogens with zero attached hydrogens (tertiary/aromatic N) is 1. The first-order valence-corrected chi connectivity index (χ1v) is 32.5. The predicted molar refractivity (Wildman–Crippen MR) is 327 cm³/mol. The Bertz CT molecular complexity index is 1450. The quantitative estimate of drug-likeness (QED) is 0.0211. The van der Waals surface area contributed by atoms with Crippen molar-refractivity contribution < 1.29 is 42.9 Å². The van der Waals surface area contributed by atoms with E-state index in [-0.39, 0.29) is 32.2 Å². The molecule has 0 rings (SSSR count). The van der Waals surface area contributed by atoms with Gasteiger partial charge in [-0.25, -0.2) is 4.79 Å². The SMILES string of the molecule is CC/C=C\C/C=C\C/C=C\C/C=C\CCCCCCCCCCCCCCCCCCCCCCC(=O)OC(COC(=O)CCCCCCCCCCC/C=C\CCCCCCCC)COC(OCC[N+](C)(C)C)C(=O)O. The number of hydrogen-bond acceptors (Lipinski definition) is 7. The lowest BCUT2D eigenvalue weighted by molar-refractivity contribution is -0.870. The Hall–Kier alpha value is -3.01. The molecule has 1 N–H and O–H groups in total. The normalized spacial score (nSPS) is 13.1. The minimum atomic E-state index is -1.51. The first-order chi connectivity index (χ1) is 37.6. The third-order valence-corrected chi connectivity index (χ3v) is 14.3. The molecule has 448 valence electrons. The van der Waals surface area contributed by atoms with Crippen molar-refractivity contribution in [1.82, 2.24) is 0 Å². The number of carboxylic acids is 1. The number of carbonyl (C=O) groups excluding carboxylic acids is 2. The van der Waals surface area contributed by atoms with E-state index in [1.165, 1.54) is 205 Å². The molecule has 9 heteroatoms. The van der Waals surface area contributed by atoms with E-state index in [0.717, 1.165) is 64.2 Å². The zero-order valence-corrected chi connectivity index (χ0v) is 51.1. The third-order valence-electron chi connectivity index (χ3n) is 14.3. The molecule has 0 aliphatic heterocycles. The highest BCUT2D eigenvalue weighted by molar-refractivity contribution is 5.71. The van der Waals surface area contributed by atoms with Crippen molar-refractivity contribution in [3.63, 3.8) is 0 Å². The molecule has 9 nitrogen and oxygen atoms in total. The van der Waals surface area contributed by atoms with E-state index in [9.17, 15) is 19.5 Å². The number of allylic oxidation sites excluding steroid dienone is 10. The van der Waals surface area contributed by atoms with E-state index in [1.54, 1.807) is 0 Å². The van der Waals surface area contributed by atoms with Crippen molar-refractivity contribution in [2.24, 2.45) is 0 Å². The van der Waals surface area contributed by atoms with E-state index in [1.807, 2.05) is 21.1 Å². The van der Waals surface area contributed by atoms with Crippen LogP contribution in [0.3, 0.4) is 0 Å². The van der Waals surface area contributed by atoms with Crippen LogP contribution in [-0.2, 0) is 33.3 Å². The van der Waals surface area contributed by atoms with Crippen LogP contribution in [0.1, 0.15) is 296 Å². The number of esters is 2. The summed E-state index contributed by atoms with van der Waals surface area (Å²) in [6, 6.07) is 0. The molecule has 0 saturated heterocycles. The second-order valence-electron chi connectivity index (χ2n) is 23.0. The number of carbonyl (C=O) groups is 3. The topological polar surface area (TPSA) is 108 Å². The summed E-state index contributed by atoms with van der Waals surface area (Å²) in [6.45, 7) is 4.80. The predicted octanol–water partition coefficient (Wildman–Crippen LogP) is 19.6. The van der Waals surface area contributed by atoms with Gasteiger partial charge >= 0.3 is 17.9 Å². The molecule has 0 aliphatic carbocycles. The highest BCUT2D eigenvalue weighted by Crippen LogP contribution is 2.17. The van der Waals surface area contributed by atoms with Gasteiger partial charge in [0, 0.05) is 12.8 Å². The molecule has 2 unspecified atom stereocenters. The Balaban J connectivity index is 4.08. The molecule has 0 aromatic rings. The highest BCUT2D eigenvalue weighted by atomic mass is 16.7. The fourth-order valence-corrected chi connectivity index (χ4v) is 9.30. The number of ether oxygens (including phenoxy) is 4. The van der Waals surface area contributed by atoms with Crippen LogP contribution < -0.4 is 0 Å². The smallest absolute Gasteiger partial charge is 0.361 e. The van der Waals surface area contributed by atoms with Gasteiger partial charge in [-0.3, -0.25) is 9.59 Å². The average Bonchev–Trinajstić information content (AvgIpc) is 3.40. The van der Waals surface area contributed by atoms with Gasteiger partial charge in [0.15, 0.2) is 6.10 Å². The number of quaternary nitrogens is 1. The molecule has 0 saturated carbocycles. The number of rotatable bonds is 60. The number of unbranched alkanes of at least 4 members (excludes halogenated alkanes) is 35. The summed E-state index contributed by atoms with van der Waals surface area (Å²) in [5.74, 6) is -1.99. The van der Waals surface area contributed by atoms with Gasteiger partial charge in [0.05, 0.1) is 34.4 Å². The van der Waals surface area contributed by atoms with Gasteiger partial charge < -0.3 is 28.5 Å². The highest BCUT2D eigenvalue weighted by Gasteiger charge is 2.25. The maximum atomic E-state index is 12.9. The summed E-state index contributed by atoms with van der Waals surface area (Å²) < 4.78 is 22.9. The van der Waals surface area contributed by atoms with Crippen LogP contribution in [0.15, 0.2) is 60.8 Å². The Labute approximate surface area is 475 Å². The molecule has 0 bridgehead atoms. The molecule has 2 atom stereocenters. The van der Waals surface area contributed by atoms with Crippen LogP contribution in [-0.4, -0.2) is 87.4 Å². The first-order valence-electron chi connectivity index (χ1n) is 32.5. The summed E-state index contributed by atoms with van der Waals surface area (Å²) >= 11 is 0. The van der Waals surface area contributed by atoms with E-state index >= 15 is 0 Å². The number of likely N-dealkylation sites (N-methyl/N-ethyl adjacent to an activating group) is 1.